The van der Waals surface area contributed by atoms with Crippen molar-refractivity contribution < 1.29 is 0 Å². The van der Waals surface area contributed by atoms with Crippen molar-refractivity contribution in [3.8, 4) is 11.3 Å². The van der Waals surface area contributed by atoms with Crippen LogP contribution >= 0.6 is 22.9 Å². The number of thiazole rings is 1. The molecule has 2 heterocycles. The van der Waals surface area contributed by atoms with Crippen molar-refractivity contribution >= 4 is 28.8 Å². The van der Waals surface area contributed by atoms with Crippen LogP contribution in [0.3, 0.4) is 0 Å². The lowest BCUT2D eigenvalue weighted by molar-refractivity contribution is 0.823. The summed E-state index contributed by atoms with van der Waals surface area (Å²) in [4.78, 5) is 6.43. The van der Waals surface area contributed by atoms with Crippen LogP contribution in [-0.4, -0.2) is 28.8 Å². The number of benzene rings is 1. The predicted octanol–water partition coefficient (Wildman–Crippen LogP) is 4.24. The number of halogens is 1. The number of nitrogens with zero attached hydrogens (tertiary/aromatic N) is 4. The van der Waals surface area contributed by atoms with Gasteiger partial charge in [-0.15, -0.1) is 21.5 Å². The Morgan fingerprint density at radius 2 is 1.96 bits per heavy atom. The molecule has 0 aliphatic rings. The Bertz CT molecular complexity index is 772. The van der Waals surface area contributed by atoms with Crippen LogP contribution in [-0.2, 0) is 6.42 Å². The van der Waals surface area contributed by atoms with Crippen LogP contribution in [0, 0.1) is 6.92 Å². The van der Waals surface area contributed by atoms with Gasteiger partial charge in [0.15, 0.2) is 5.82 Å². The van der Waals surface area contributed by atoms with Crippen molar-refractivity contribution in [2.45, 2.75) is 13.3 Å². The molecule has 0 aliphatic heterocycles. The molecule has 3 rings (SSSR count). The van der Waals surface area contributed by atoms with Gasteiger partial charge < -0.3 is 4.90 Å². The third-order valence-electron chi connectivity index (χ3n) is 3.65. The molecule has 0 radical (unpaired) electrons. The first-order valence-electron chi connectivity index (χ1n) is 7.32. The van der Waals surface area contributed by atoms with E-state index in [0.717, 1.165) is 46.3 Å². The molecule has 4 nitrogen and oxygen atoms in total. The molecule has 0 saturated carbocycles. The Kier molecular flexibility index (Phi) is 4.88. The number of hydrogen-bond donors (Lipinski definition) is 0. The molecule has 0 N–H and O–H groups in total. The number of anilines is 1. The molecule has 118 valence electrons. The molecule has 1 aromatic carbocycles. The normalized spacial score (nSPS) is 10.7. The van der Waals surface area contributed by atoms with Gasteiger partial charge in [-0.25, -0.2) is 4.98 Å². The summed E-state index contributed by atoms with van der Waals surface area (Å²) in [6.45, 7) is 2.92. The van der Waals surface area contributed by atoms with Gasteiger partial charge in [-0.2, -0.15) is 0 Å². The highest BCUT2D eigenvalue weighted by molar-refractivity contribution is 7.07. The quantitative estimate of drug-likeness (QED) is 0.694. The molecule has 0 bridgehead atoms. The van der Waals surface area contributed by atoms with E-state index >= 15 is 0 Å². The molecule has 0 fully saturated rings. The van der Waals surface area contributed by atoms with Crippen LogP contribution in [0.25, 0.3) is 11.3 Å². The second-order valence-electron chi connectivity index (χ2n) is 5.39. The summed E-state index contributed by atoms with van der Waals surface area (Å²) < 4.78 is 0. The molecule has 0 spiro atoms. The molecule has 2 aromatic heterocycles. The minimum atomic E-state index is 0.719. The van der Waals surface area contributed by atoms with Crippen LogP contribution in [0.4, 0.5) is 5.82 Å². The van der Waals surface area contributed by atoms with E-state index in [4.69, 9.17) is 11.6 Å². The second kappa shape index (κ2) is 7.06. The van der Waals surface area contributed by atoms with Gasteiger partial charge in [-0.1, -0.05) is 23.7 Å². The molecule has 23 heavy (non-hydrogen) atoms. The van der Waals surface area contributed by atoms with E-state index in [-0.39, 0.29) is 0 Å². The van der Waals surface area contributed by atoms with Gasteiger partial charge >= 0.3 is 0 Å². The molecule has 0 amide bonds. The van der Waals surface area contributed by atoms with Gasteiger partial charge in [-0.05, 0) is 30.7 Å². The highest BCUT2D eigenvalue weighted by atomic mass is 35.5. The number of rotatable bonds is 5. The van der Waals surface area contributed by atoms with Gasteiger partial charge in [0, 0.05) is 36.0 Å². The highest BCUT2D eigenvalue weighted by Crippen LogP contribution is 2.23. The van der Waals surface area contributed by atoms with E-state index in [1.54, 1.807) is 11.3 Å². The fourth-order valence-corrected chi connectivity index (χ4v) is 3.09. The molecule has 0 atom stereocenters. The summed E-state index contributed by atoms with van der Waals surface area (Å²) in [5.74, 6) is 0.901. The second-order valence-corrected chi connectivity index (χ2v) is 6.55. The van der Waals surface area contributed by atoms with E-state index in [9.17, 15) is 0 Å². The molecular weight excluding hydrogens is 328 g/mol. The van der Waals surface area contributed by atoms with Gasteiger partial charge in [0.25, 0.3) is 0 Å². The number of aryl methyl sites for hydroxylation is 1. The lowest BCUT2D eigenvalue weighted by Gasteiger charge is -2.19. The molecule has 0 aliphatic carbocycles. The fraction of sp³-hybridized carbons (Fsp3) is 0.235. The first-order valence-corrected chi connectivity index (χ1v) is 8.64. The standard InChI is InChI=1S/C17H17ClN4S/c1-12-9-16(13-3-5-14(18)6-4-13)20-21-17(12)22(2)8-7-15-10-23-11-19-15/h3-6,9-11H,7-8H2,1-2H3. The first kappa shape index (κ1) is 15.9. The molecule has 3 aromatic rings. The van der Waals surface area contributed by atoms with E-state index in [2.05, 4.69) is 38.5 Å². The Morgan fingerprint density at radius 1 is 1.17 bits per heavy atom. The summed E-state index contributed by atoms with van der Waals surface area (Å²) in [5.41, 5.74) is 5.95. The summed E-state index contributed by atoms with van der Waals surface area (Å²) >= 11 is 7.55. The third kappa shape index (κ3) is 3.86. The number of likely N-dealkylation sites (N-methyl/N-ethyl adjacent to an activating group) is 1. The maximum atomic E-state index is 5.93. The summed E-state index contributed by atoms with van der Waals surface area (Å²) in [7, 11) is 2.03. The van der Waals surface area contributed by atoms with E-state index in [1.807, 2.05) is 36.8 Å². The van der Waals surface area contributed by atoms with Crippen molar-refractivity contribution in [1.82, 2.24) is 15.2 Å². The van der Waals surface area contributed by atoms with Crippen LogP contribution < -0.4 is 4.90 Å². The van der Waals surface area contributed by atoms with Crippen molar-refractivity contribution in [2.24, 2.45) is 0 Å². The largest absolute Gasteiger partial charge is 0.358 e. The zero-order chi connectivity index (χ0) is 16.2. The predicted molar refractivity (Wildman–Crippen MR) is 96.3 cm³/mol. The maximum absolute atomic E-state index is 5.93. The third-order valence-corrected chi connectivity index (χ3v) is 4.53. The molecular formula is C17H17ClN4S. The topological polar surface area (TPSA) is 41.9 Å². The van der Waals surface area contributed by atoms with E-state index in [0.29, 0.717) is 0 Å². The smallest absolute Gasteiger partial charge is 0.153 e. The minimum absolute atomic E-state index is 0.719. The number of aromatic nitrogens is 3. The van der Waals surface area contributed by atoms with Crippen molar-refractivity contribution in [2.75, 3.05) is 18.5 Å². The fourth-order valence-electron chi connectivity index (χ4n) is 2.37. The van der Waals surface area contributed by atoms with Crippen molar-refractivity contribution in [3.05, 3.63) is 57.5 Å². The minimum Gasteiger partial charge on any atom is -0.358 e. The van der Waals surface area contributed by atoms with Crippen LogP contribution in [0.15, 0.2) is 41.2 Å². The van der Waals surface area contributed by atoms with Crippen LogP contribution in [0.1, 0.15) is 11.3 Å². The molecule has 0 saturated heterocycles. The van der Waals surface area contributed by atoms with Crippen LogP contribution in [0.2, 0.25) is 5.02 Å². The van der Waals surface area contributed by atoms with E-state index in [1.165, 1.54) is 0 Å². The zero-order valence-corrected chi connectivity index (χ0v) is 14.6. The zero-order valence-electron chi connectivity index (χ0n) is 13.0. The lowest BCUT2D eigenvalue weighted by atomic mass is 10.1. The van der Waals surface area contributed by atoms with Gasteiger partial charge in [0.05, 0.1) is 16.9 Å². The number of hydrogen-bond acceptors (Lipinski definition) is 5. The summed E-state index contributed by atoms with van der Waals surface area (Å²) in [5, 5.41) is 11.6. The highest BCUT2D eigenvalue weighted by Gasteiger charge is 2.10. The Hall–Kier alpha value is -1.98. The molecule has 6 heteroatoms. The Labute approximate surface area is 144 Å². The Balaban J connectivity index is 1.74. The van der Waals surface area contributed by atoms with E-state index < -0.39 is 0 Å². The van der Waals surface area contributed by atoms with Crippen molar-refractivity contribution in [3.63, 3.8) is 0 Å². The monoisotopic (exact) mass is 344 g/mol. The summed E-state index contributed by atoms with van der Waals surface area (Å²) in [6.07, 6.45) is 0.903. The average molecular weight is 345 g/mol. The van der Waals surface area contributed by atoms with Crippen molar-refractivity contribution in [1.29, 1.82) is 0 Å². The first-order chi connectivity index (χ1) is 11.1. The summed E-state index contributed by atoms with van der Waals surface area (Å²) in [6, 6.07) is 9.70. The van der Waals surface area contributed by atoms with Gasteiger partial charge in [0.1, 0.15) is 0 Å². The maximum Gasteiger partial charge on any atom is 0.153 e. The average Bonchev–Trinajstić information content (AvgIpc) is 3.06. The lowest BCUT2D eigenvalue weighted by Crippen LogP contribution is -2.23. The SMILES string of the molecule is Cc1cc(-c2ccc(Cl)cc2)nnc1N(C)CCc1cscn1. The van der Waals surface area contributed by atoms with Crippen LogP contribution in [0.5, 0.6) is 0 Å². The van der Waals surface area contributed by atoms with Gasteiger partial charge in [0.2, 0.25) is 0 Å². The van der Waals surface area contributed by atoms with Gasteiger partial charge in [-0.3, -0.25) is 0 Å². The Morgan fingerprint density at radius 3 is 2.61 bits per heavy atom. The molecule has 0 unspecified atom stereocenters.